The Morgan fingerprint density at radius 2 is 1.96 bits per heavy atom. The largest absolute Gasteiger partial charge is 0.275 e. The maximum absolute atomic E-state index is 6.14. The van der Waals surface area contributed by atoms with Crippen molar-refractivity contribution in [2.75, 3.05) is 0 Å². The molecule has 23 heavy (non-hydrogen) atoms. The summed E-state index contributed by atoms with van der Waals surface area (Å²) >= 11 is 13.8. The van der Waals surface area contributed by atoms with Gasteiger partial charge in [0.05, 0.1) is 15.6 Å². The number of benzene rings is 1. The summed E-state index contributed by atoms with van der Waals surface area (Å²) in [5, 5.41) is 11.2. The molecule has 0 fully saturated rings. The molecule has 3 aromatic heterocycles. The first kappa shape index (κ1) is 14.8. The zero-order valence-corrected chi connectivity index (χ0v) is 14.1. The van der Waals surface area contributed by atoms with Crippen LogP contribution in [0.5, 0.6) is 0 Å². The second-order valence-corrected chi connectivity index (χ2v) is 6.75. The third-order valence-electron chi connectivity index (χ3n) is 3.47. The third-order valence-corrected chi connectivity index (χ3v) is 4.94. The average molecular weight is 361 g/mol. The second-order valence-electron chi connectivity index (χ2n) is 4.96. The summed E-state index contributed by atoms with van der Waals surface area (Å²) in [5.74, 6) is 0.735. The van der Waals surface area contributed by atoms with E-state index in [1.54, 1.807) is 24.0 Å². The summed E-state index contributed by atoms with van der Waals surface area (Å²) in [6.45, 7) is 0. The van der Waals surface area contributed by atoms with E-state index in [1.807, 2.05) is 22.7 Å². The monoisotopic (exact) mass is 360 g/mol. The van der Waals surface area contributed by atoms with Gasteiger partial charge in [0.2, 0.25) is 0 Å². The Morgan fingerprint density at radius 3 is 2.87 bits per heavy atom. The molecular formula is C16H10Cl2N4S. The third kappa shape index (κ3) is 2.76. The van der Waals surface area contributed by atoms with Gasteiger partial charge < -0.3 is 0 Å². The highest BCUT2D eigenvalue weighted by Crippen LogP contribution is 2.28. The zero-order chi connectivity index (χ0) is 15.8. The van der Waals surface area contributed by atoms with Crippen LogP contribution in [0.3, 0.4) is 0 Å². The topological polar surface area (TPSA) is 43.1 Å². The van der Waals surface area contributed by atoms with E-state index in [0.717, 1.165) is 27.4 Å². The molecule has 4 rings (SSSR count). The van der Waals surface area contributed by atoms with Gasteiger partial charge in [-0.15, -0.1) is 10.2 Å². The molecule has 0 aliphatic carbocycles. The Morgan fingerprint density at radius 1 is 1.09 bits per heavy atom. The summed E-state index contributed by atoms with van der Waals surface area (Å²) < 4.78 is 1.81. The van der Waals surface area contributed by atoms with Crippen LogP contribution < -0.4 is 0 Å². The molecule has 0 radical (unpaired) electrons. The molecular weight excluding hydrogens is 351 g/mol. The molecule has 7 heteroatoms. The number of halogens is 2. The molecule has 0 aliphatic rings. The SMILES string of the molecule is Clc1cc(Cl)c2nnc(SCc3cccc4cccnc34)n2c1. The molecule has 0 aliphatic heterocycles. The van der Waals surface area contributed by atoms with Crippen LogP contribution in [0.15, 0.2) is 53.9 Å². The fourth-order valence-electron chi connectivity index (χ4n) is 2.43. The number of nitrogens with zero attached hydrogens (tertiary/aromatic N) is 4. The van der Waals surface area contributed by atoms with Crippen molar-refractivity contribution in [3.05, 3.63) is 64.4 Å². The van der Waals surface area contributed by atoms with Crippen molar-refractivity contribution in [3.63, 3.8) is 0 Å². The first-order valence-electron chi connectivity index (χ1n) is 6.87. The lowest BCUT2D eigenvalue weighted by molar-refractivity contribution is 0.921. The summed E-state index contributed by atoms with van der Waals surface area (Å²) in [6.07, 6.45) is 3.58. The molecule has 0 saturated heterocycles. The minimum atomic E-state index is 0.490. The van der Waals surface area contributed by atoms with Crippen LogP contribution in [0.25, 0.3) is 16.6 Å². The Hall–Kier alpha value is -1.82. The summed E-state index contributed by atoms with van der Waals surface area (Å²) in [4.78, 5) is 4.47. The van der Waals surface area contributed by atoms with Crippen molar-refractivity contribution in [1.82, 2.24) is 19.6 Å². The van der Waals surface area contributed by atoms with Crippen molar-refractivity contribution < 1.29 is 0 Å². The number of pyridine rings is 2. The van der Waals surface area contributed by atoms with Crippen molar-refractivity contribution in [1.29, 1.82) is 0 Å². The van der Waals surface area contributed by atoms with E-state index in [9.17, 15) is 0 Å². The lowest BCUT2D eigenvalue weighted by Crippen LogP contribution is -1.91. The minimum absolute atomic E-state index is 0.490. The van der Waals surface area contributed by atoms with Crippen molar-refractivity contribution in [2.45, 2.75) is 10.9 Å². The maximum atomic E-state index is 6.14. The normalized spacial score (nSPS) is 11.4. The summed E-state index contributed by atoms with van der Waals surface area (Å²) in [5.41, 5.74) is 2.76. The lowest BCUT2D eigenvalue weighted by atomic mass is 10.1. The van der Waals surface area contributed by atoms with Gasteiger partial charge in [-0.3, -0.25) is 9.38 Å². The number of fused-ring (bicyclic) bond motifs is 2. The first-order chi connectivity index (χ1) is 11.2. The number of rotatable bonds is 3. The minimum Gasteiger partial charge on any atom is -0.275 e. The Balaban J connectivity index is 1.69. The van der Waals surface area contributed by atoms with Gasteiger partial charge >= 0.3 is 0 Å². The van der Waals surface area contributed by atoms with Crippen LogP contribution in [0.1, 0.15) is 5.56 Å². The van der Waals surface area contributed by atoms with Crippen molar-refractivity contribution in [3.8, 4) is 0 Å². The van der Waals surface area contributed by atoms with Gasteiger partial charge in [-0.2, -0.15) is 0 Å². The van der Waals surface area contributed by atoms with Gasteiger partial charge in [0.25, 0.3) is 0 Å². The van der Waals surface area contributed by atoms with Crippen LogP contribution >= 0.6 is 35.0 Å². The van der Waals surface area contributed by atoms with Crippen LogP contribution in [-0.4, -0.2) is 19.6 Å². The van der Waals surface area contributed by atoms with Crippen molar-refractivity contribution >= 4 is 51.5 Å². The number of hydrogen-bond donors (Lipinski definition) is 0. The van der Waals surface area contributed by atoms with E-state index in [2.05, 4.69) is 33.4 Å². The fraction of sp³-hybridized carbons (Fsp3) is 0.0625. The predicted octanol–water partition coefficient (Wildman–Crippen LogP) is 4.88. The van der Waals surface area contributed by atoms with E-state index < -0.39 is 0 Å². The van der Waals surface area contributed by atoms with Crippen LogP contribution in [0, 0.1) is 0 Å². The molecule has 0 atom stereocenters. The molecule has 0 spiro atoms. The highest BCUT2D eigenvalue weighted by molar-refractivity contribution is 7.98. The van der Waals surface area contributed by atoms with E-state index in [0.29, 0.717) is 15.7 Å². The number of para-hydroxylation sites is 1. The van der Waals surface area contributed by atoms with Gasteiger partial charge in [-0.1, -0.05) is 59.2 Å². The van der Waals surface area contributed by atoms with Gasteiger partial charge in [0.1, 0.15) is 0 Å². The lowest BCUT2D eigenvalue weighted by Gasteiger charge is -2.05. The standard InChI is InChI=1S/C16H10Cl2N4S/c17-12-7-13(18)15-20-21-16(22(15)8-12)23-9-11-4-1-3-10-5-2-6-19-14(10)11/h1-8H,9H2. The highest BCUT2D eigenvalue weighted by Gasteiger charge is 2.11. The molecule has 0 amide bonds. The Labute approximate surface area is 146 Å². The molecule has 3 heterocycles. The zero-order valence-electron chi connectivity index (χ0n) is 11.8. The van der Waals surface area contributed by atoms with Crippen LogP contribution in [-0.2, 0) is 5.75 Å². The van der Waals surface area contributed by atoms with E-state index in [-0.39, 0.29) is 0 Å². The van der Waals surface area contributed by atoms with Gasteiger partial charge in [0.15, 0.2) is 10.8 Å². The van der Waals surface area contributed by atoms with Gasteiger partial charge in [0, 0.05) is 23.5 Å². The van der Waals surface area contributed by atoms with Crippen molar-refractivity contribution in [2.24, 2.45) is 0 Å². The number of aromatic nitrogens is 4. The molecule has 1 aromatic carbocycles. The predicted molar refractivity (Wildman–Crippen MR) is 94.3 cm³/mol. The molecule has 0 saturated carbocycles. The summed E-state index contributed by atoms with van der Waals surface area (Å²) in [7, 11) is 0. The molecule has 0 N–H and O–H groups in total. The van der Waals surface area contributed by atoms with E-state index in [1.165, 1.54) is 0 Å². The molecule has 4 nitrogen and oxygen atoms in total. The van der Waals surface area contributed by atoms with E-state index >= 15 is 0 Å². The fourth-order valence-corrected chi connectivity index (χ4v) is 3.83. The van der Waals surface area contributed by atoms with Crippen LogP contribution in [0.2, 0.25) is 10.0 Å². The first-order valence-corrected chi connectivity index (χ1v) is 8.62. The number of hydrogen-bond acceptors (Lipinski definition) is 4. The Bertz CT molecular complexity index is 1010. The molecule has 114 valence electrons. The molecule has 0 unspecified atom stereocenters. The van der Waals surface area contributed by atoms with Gasteiger partial charge in [-0.05, 0) is 17.7 Å². The van der Waals surface area contributed by atoms with E-state index in [4.69, 9.17) is 23.2 Å². The Kier molecular flexibility index (Phi) is 3.85. The molecule has 4 aromatic rings. The van der Waals surface area contributed by atoms with Gasteiger partial charge in [-0.25, -0.2) is 0 Å². The molecule has 0 bridgehead atoms. The van der Waals surface area contributed by atoms with Crippen LogP contribution in [0.4, 0.5) is 0 Å². The number of thioether (sulfide) groups is 1. The highest BCUT2D eigenvalue weighted by atomic mass is 35.5. The summed E-state index contributed by atoms with van der Waals surface area (Å²) in [6, 6.07) is 11.8. The average Bonchev–Trinajstić information content (AvgIpc) is 2.96. The second kappa shape index (κ2) is 6.00. The smallest absolute Gasteiger partial charge is 0.196 e. The maximum Gasteiger partial charge on any atom is 0.196 e. The quantitative estimate of drug-likeness (QED) is 0.488.